The standard InChI is InChI=1S/C21H31NO5S.CO2/c1-5-16(6-2)27-19-13-15(22(24)25)12-18(21(23)26-7-3)20(19)28-17-10-8-14(4)9-11-17;2-1-3/h8-11,15-16,18-20H,5-7,12-13H2,1-4H3;/t15-,18+,19-,20+;/m0./s1. The summed E-state index contributed by atoms with van der Waals surface area (Å²) in [6.07, 6.45) is 2.10. The van der Waals surface area contributed by atoms with Crippen LogP contribution in [0.5, 0.6) is 0 Å². The molecule has 0 unspecified atom stereocenters. The first-order valence-corrected chi connectivity index (χ1v) is 11.4. The Morgan fingerprint density at radius 2 is 1.77 bits per heavy atom. The number of hydrogen-bond acceptors (Lipinski definition) is 8. The van der Waals surface area contributed by atoms with Crippen molar-refractivity contribution >= 4 is 23.9 Å². The van der Waals surface area contributed by atoms with Crippen LogP contribution in [0.2, 0.25) is 0 Å². The van der Waals surface area contributed by atoms with Crippen LogP contribution in [-0.2, 0) is 23.9 Å². The number of hydrogen-bond donors (Lipinski definition) is 0. The number of carbonyl (C=O) groups is 1. The molecule has 0 aromatic heterocycles. The van der Waals surface area contributed by atoms with Gasteiger partial charge >= 0.3 is 12.1 Å². The van der Waals surface area contributed by atoms with E-state index in [9.17, 15) is 14.9 Å². The lowest BCUT2D eigenvalue weighted by atomic mass is 9.83. The van der Waals surface area contributed by atoms with Gasteiger partial charge in [-0.1, -0.05) is 31.5 Å². The van der Waals surface area contributed by atoms with E-state index in [0.29, 0.717) is 6.42 Å². The summed E-state index contributed by atoms with van der Waals surface area (Å²) in [6.45, 7) is 8.14. The summed E-state index contributed by atoms with van der Waals surface area (Å²) in [4.78, 5) is 41.2. The van der Waals surface area contributed by atoms with Crippen LogP contribution in [0.3, 0.4) is 0 Å². The first-order valence-electron chi connectivity index (χ1n) is 10.5. The minimum Gasteiger partial charge on any atom is -0.466 e. The minimum atomic E-state index is -0.788. The first-order chi connectivity index (χ1) is 14.8. The van der Waals surface area contributed by atoms with Crippen molar-refractivity contribution in [1.29, 1.82) is 0 Å². The number of rotatable bonds is 9. The van der Waals surface area contributed by atoms with E-state index >= 15 is 0 Å². The molecule has 4 atom stereocenters. The number of nitro groups is 1. The Bertz CT molecular complexity index is 730. The van der Waals surface area contributed by atoms with Gasteiger partial charge in [-0.25, -0.2) is 0 Å². The Kier molecular flexibility index (Phi) is 12.1. The number of thioether (sulfide) groups is 1. The summed E-state index contributed by atoms with van der Waals surface area (Å²) in [7, 11) is 0. The maximum absolute atomic E-state index is 12.7. The Morgan fingerprint density at radius 3 is 2.26 bits per heavy atom. The topological polar surface area (TPSA) is 113 Å². The number of carbonyl (C=O) groups excluding carboxylic acids is 3. The lowest BCUT2D eigenvalue weighted by Gasteiger charge is -2.38. The van der Waals surface area contributed by atoms with Gasteiger partial charge in [-0.3, -0.25) is 14.9 Å². The second kappa shape index (κ2) is 14.0. The molecular weight excluding hydrogens is 422 g/mol. The van der Waals surface area contributed by atoms with E-state index in [0.717, 1.165) is 23.3 Å². The van der Waals surface area contributed by atoms with Gasteiger partial charge in [0.05, 0.1) is 24.7 Å². The molecule has 0 amide bonds. The third-order valence-electron chi connectivity index (χ3n) is 5.25. The van der Waals surface area contributed by atoms with Gasteiger partial charge in [0, 0.05) is 27.9 Å². The van der Waals surface area contributed by atoms with Crippen LogP contribution in [0.25, 0.3) is 0 Å². The van der Waals surface area contributed by atoms with E-state index in [2.05, 4.69) is 0 Å². The molecule has 0 spiro atoms. The minimum absolute atomic E-state index is 0.0273. The quantitative estimate of drug-likeness (QED) is 0.312. The molecule has 0 N–H and O–H groups in total. The number of esters is 1. The monoisotopic (exact) mass is 453 g/mol. The van der Waals surface area contributed by atoms with Gasteiger partial charge in [-0.05, 0) is 38.8 Å². The zero-order valence-electron chi connectivity index (χ0n) is 18.4. The fourth-order valence-corrected chi connectivity index (χ4v) is 4.95. The Labute approximate surface area is 187 Å². The molecular formula is C22H31NO7S. The van der Waals surface area contributed by atoms with Crippen molar-refractivity contribution in [2.45, 2.75) is 81.8 Å². The molecule has 1 aliphatic rings. The zero-order chi connectivity index (χ0) is 23.4. The molecule has 172 valence electrons. The van der Waals surface area contributed by atoms with Crippen molar-refractivity contribution in [3.8, 4) is 0 Å². The van der Waals surface area contributed by atoms with Gasteiger partial charge in [0.25, 0.3) is 0 Å². The van der Waals surface area contributed by atoms with E-state index < -0.39 is 12.0 Å². The summed E-state index contributed by atoms with van der Waals surface area (Å²) >= 11 is 1.57. The van der Waals surface area contributed by atoms with E-state index in [4.69, 9.17) is 19.1 Å². The molecule has 0 aliphatic heterocycles. The summed E-state index contributed by atoms with van der Waals surface area (Å²) in [6, 6.07) is 7.32. The molecule has 1 fully saturated rings. The highest BCUT2D eigenvalue weighted by molar-refractivity contribution is 8.00. The molecule has 1 aromatic rings. The van der Waals surface area contributed by atoms with Gasteiger partial charge < -0.3 is 9.47 Å². The molecule has 31 heavy (non-hydrogen) atoms. The summed E-state index contributed by atoms with van der Waals surface area (Å²) in [5.41, 5.74) is 1.16. The predicted octanol–water partition coefficient (Wildman–Crippen LogP) is 4.06. The predicted molar refractivity (Wildman–Crippen MR) is 115 cm³/mol. The third kappa shape index (κ3) is 8.44. The van der Waals surface area contributed by atoms with E-state index in [1.54, 1.807) is 18.7 Å². The second-order valence-electron chi connectivity index (χ2n) is 7.36. The smallest absolute Gasteiger partial charge is 0.373 e. The largest absolute Gasteiger partial charge is 0.466 e. The van der Waals surface area contributed by atoms with Crippen molar-refractivity contribution < 1.29 is 28.8 Å². The summed E-state index contributed by atoms with van der Waals surface area (Å²) in [5.74, 6) is -0.924. The van der Waals surface area contributed by atoms with Gasteiger partial charge in [-0.2, -0.15) is 9.59 Å². The Balaban J connectivity index is 0.00000151. The molecule has 0 heterocycles. The summed E-state index contributed by atoms with van der Waals surface area (Å²) in [5, 5.41) is 11.3. The number of ether oxygens (including phenoxy) is 2. The fraction of sp³-hybridized carbons (Fsp3) is 0.636. The van der Waals surface area contributed by atoms with E-state index in [-0.39, 0.29) is 47.5 Å². The highest BCUT2D eigenvalue weighted by Gasteiger charge is 2.48. The Morgan fingerprint density at radius 1 is 1.19 bits per heavy atom. The molecule has 2 rings (SSSR count). The SMILES string of the molecule is CCOC(=O)[C@@H]1C[C@H]([N+](=O)[O-])C[C@H](OC(CC)CC)[C@@H]1Sc1ccc(C)cc1.O=C=O. The van der Waals surface area contributed by atoms with Gasteiger partial charge in [0.15, 0.2) is 0 Å². The molecule has 8 nitrogen and oxygen atoms in total. The maximum atomic E-state index is 12.7. The van der Waals surface area contributed by atoms with Crippen molar-refractivity contribution in [2.24, 2.45) is 5.92 Å². The molecule has 1 aromatic carbocycles. The van der Waals surface area contributed by atoms with Crippen molar-refractivity contribution in [3.63, 3.8) is 0 Å². The lowest BCUT2D eigenvalue weighted by Crippen LogP contribution is -2.49. The van der Waals surface area contributed by atoms with Crippen LogP contribution in [0.4, 0.5) is 0 Å². The maximum Gasteiger partial charge on any atom is 0.373 e. The van der Waals surface area contributed by atoms with Crippen LogP contribution >= 0.6 is 11.8 Å². The van der Waals surface area contributed by atoms with Crippen LogP contribution in [0.1, 0.15) is 52.0 Å². The Hall–Kier alpha value is -2.22. The lowest BCUT2D eigenvalue weighted by molar-refractivity contribution is -0.529. The van der Waals surface area contributed by atoms with E-state index in [1.807, 2.05) is 45.0 Å². The molecule has 0 bridgehead atoms. The molecule has 1 saturated carbocycles. The average molecular weight is 454 g/mol. The van der Waals surface area contributed by atoms with Crippen LogP contribution in [0.15, 0.2) is 29.2 Å². The highest BCUT2D eigenvalue weighted by Crippen LogP contribution is 2.41. The number of nitrogens with zero attached hydrogens (tertiary/aromatic N) is 1. The van der Waals surface area contributed by atoms with E-state index in [1.165, 1.54) is 0 Å². The van der Waals surface area contributed by atoms with Crippen molar-refractivity contribution in [3.05, 3.63) is 39.9 Å². The van der Waals surface area contributed by atoms with Gasteiger partial charge in [-0.15, -0.1) is 11.8 Å². The highest BCUT2D eigenvalue weighted by atomic mass is 32.2. The normalized spacial score (nSPS) is 22.7. The van der Waals surface area contributed by atoms with Crippen molar-refractivity contribution in [2.75, 3.05) is 6.61 Å². The summed E-state index contributed by atoms with van der Waals surface area (Å²) < 4.78 is 11.6. The molecule has 0 saturated heterocycles. The van der Waals surface area contributed by atoms with Gasteiger partial charge in [0.1, 0.15) is 0 Å². The van der Waals surface area contributed by atoms with Crippen molar-refractivity contribution in [1.82, 2.24) is 0 Å². The van der Waals surface area contributed by atoms with Crippen LogP contribution < -0.4 is 0 Å². The van der Waals surface area contributed by atoms with Crippen LogP contribution in [-0.4, -0.2) is 47.2 Å². The van der Waals surface area contributed by atoms with Gasteiger partial charge in [0.2, 0.25) is 6.04 Å². The third-order valence-corrected chi connectivity index (χ3v) is 6.70. The molecule has 1 aliphatic carbocycles. The van der Waals surface area contributed by atoms with Crippen LogP contribution in [0, 0.1) is 23.0 Å². The first kappa shape index (κ1) is 26.8. The zero-order valence-corrected chi connectivity index (χ0v) is 19.3. The molecule has 9 heteroatoms. The number of benzene rings is 1. The second-order valence-corrected chi connectivity index (χ2v) is 8.61. The fourth-order valence-electron chi connectivity index (χ4n) is 3.63. The average Bonchev–Trinajstić information content (AvgIpc) is 2.74. The number of aryl methyl sites for hydroxylation is 1. The molecule has 0 radical (unpaired) electrons.